The second kappa shape index (κ2) is 6.48. The van der Waals surface area contributed by atoms with Gasteiger partial charge in [-0.25, -0.2) is 0 Å². The Morgan fingerprint density at radius 2 is 1.80 bits per heavy atom. The van der Waals surface area contributed by atoms with Crippen LogP contribution in [0.4, 0.5) is 11.9 Å². The normalized spacial score (nSPS) is 10.9. The van der Waals surface area contributed by atoms with E-state index in [1.165, 1.54) is 11.8 Å². The second-order valence-electron chi connectivity index (χ2n) is 4.01. The number of rotatable bonds is 6. The Hall–Kier alpha value is -1.94. The van der Waals surface area contributed by atoms with Gasteiger partial charge in [0.05, 0.1) is 12.3 Å². The summed E-state index contributed by atoms with van der Waals surface area (Å²) in [5, 5.41) is 8.98. The molecule has 10 heteroatoms. The molecule has 0 saturated carbocycles. The molecule has 20 heavy (non-hydrogen) atoms. The third-order valence-electron chi connectivity index (χ3n) is 2.47. The van der Waals surface area contributed by atoms with Crippen LogP contribution in [0.2, 0.25) is 0 Å². The molecule has 0 unspecified atom stereocenters. The van der Waals surface area contributed by atoms with Crippen LogP contribution in [-0.4, -0.2) is 29.7 Å². The van der Waals surface area contributed by atoms with Crippen molar-refractivity contribution in [2.75, 3.05) is 11.5 Å². The summed E-state index contributed by atoms with van der Waals surface area (Å²) in [6.45, 7) is 3.27. The molecule has 0 bridgehead atoms. The van der Waals surface area contributed by atoms with E-state index in [1.807, 2.05) is 4.57 Å². The van der Waals surface area contributed by atoms with Crippen LogP contribution >= 0.6 is 11.8 Å². The van der Waals surface area contributed by atoms with E-state index in [0.717, 1.165) is 23.9 Å². The molecule has 2 rings (SSSR count). The zero-order chi connectivity index (χ0) is 14.5. The molecule has 6 N–H and O–H groups in total. The van der Waals surface area contributed by atoms with Gasteiger partial charge in [-0.15, -0.1) is 10.2 Å². The van der Waals surface area contributed by atoms with Gasteiger partial charge in [0.15, 0.2) is 5.16 Å². The van der Waals surface area contributed by atoms with Crippen LogP contribution in [0.15, 0.2) is 5.16 Å². The maximum atomic E-state index is 5.64. The molecule has 0 aliphatic heterocycles. The molecule has 0 aliphatic carbocycles. The van der Waals surface area contributed by atoms with E-state index in [9.17, 15) is 0 Å². The Kier molecular flexibility index (Phi) is 4.69. The molecule has 0 aliphatic rings. The number of thioether (sulfide) groups is 1. The van der Waals surface area contributed by atoms with E-state index in [0.29, 0.717) is 18.1 Å². The molecular weight excluding hydrogens is 278 g/mol. The number of aromatic nitrogens is 6. The lowest BCUT2D eigenvalue weighted by atomic mass is 10.4. The van der Waals surface area contributed by atoms with Gasteiger partial charge in [-0.05, 0) is 6.42 Å². The lowest BCUT2D eigenvalue weighted by Crippen LogP contribution is -2.09. The zero-order valence-corrected chi connectivity index (χ0v) is 12.0. The van der Waals surface area contributed by atoms with E-state index in [-0.39, 0.29) is 11.9 Å². The van der Waals surface area contributed by atoms with E-state index in [1.54, 1.807) is 0 Å². The van der Waals surface area contributed by atoms with Crippen molar-refractivity contribution in [1.29, 1.82) is 0 Å². The number of nitrogen functional groups attached to an aromatic ring is 2. The van der Waals surface area contributed by atoms with Crippen LogP contribution in [0.25, 0.3) is 0 Å². The topological polar surface area (TPSA) is 147 Å². The van der Waals surface area contributed by atoms with Crippen molar-refractivity contribution < 1.29 is 0 Å². The highest BCUT2D eigenvalue weighted by Gasteiger charge is 2.12. The quantitative estimate of drug-likeness (QED) is 0.615. The van der Waals surface area contributed by atoms with Crippen molar-refractivity contribution >= 4 is 23.7 Å². The predicted molar refractivity (Wildman–Crippen MR) is 76.4 cm³/mol. The van der Waals surface area contributed by atoms with Gasteiger partial charge in [0, 0.05) is 6.54 Å². The highest BCUT2D eigenvalue weighted by atomic mass is 32.2. The Balaban J connectivity index is 2.12. The Bertz CT molecular complexity index is 562. The minimum atomic E-state index is 0.116. The van der Waals surface area contributed by atoms with Gasteiger partial charge in [0.1, 0.15) is 11.6 Å². The fourth-order valence-electron chi connectivity index (χ4n) is 1.68. The zero-order valence-electron chi connectivity index (χ0n) is 11.2. The average Bonchev–Trinajstić information content (AvgIpc) is 2.78. The summed E-state index contributed by atoms with van der Waals surface area (Å²) in [5.74, 6) is 2.00. The van der Waals surface area contributed by atoms with E-state index in [4.69, 9.17) is 17.2 Å². The summed E-state index contributed by atoms with van der Waals surface area (Å²) in [4.78, 5) is 11.8. The van der Waals surface area contributed by atoms with Crippen LogP contribution in [-0.2, 0) is 18.8 Å². The molecule has 0 spiro atoms. The first-order chi connectivity index (χ1) is 9.63. The van der Waals surface area contributed by atoms with Crippen LogP contribution < -0.4 is 17.2 Å². The van der Waals surface area contributed by atoms with Gasteiger partial charge in [0.2, 0.25) is 11.9 Å². The molecule has 0 radical (unpaired) electrons. The number of nitrogens with zero attached hydrogens (tertiary/aromatic N) is 6. The molecule has 9 nitrogen and oxygen atoms in total. The number of hydrogen-bond donors (Lipinski definition) is 3. The summed E-state index contributed by atoms with van der Waals surface area (Å²) in [6.07, 6.45) is 0.976. The van der Waals surface area contributed by atoms with E-state index >= 15 is 0 Å². The van der Waals surface area contributed by atoms with E-state index in [2.05, 4.69) is 32.1 Å². The predicted octanol–water partition coefficient (Wildman–Crippen LogP) is -0.211. The van der Waals surface area contributed by atoms with Gasteiger partial charge in [0.25, 0.3) is 0 Å². The first-order valence-corrected chi connectivity index (χ1v) is 7.13. The molecule has 0 aromatic carbocycles. The summed E-state index contributed by atoms with van der Waals surface area (Å²) in [7, 11) is 0. The van der Waals surface area contributed by atoms with Crippen molar-refractivity contribution in [2.45, 2.75) is 37.3 Å². The van der Waals surface area contributed by atoms with Crippen LogP contribution in [0.1, 0.15) is 25.0 Å². The monoisotopic (exact) mass is 295 g/mol. The number of hydrogen-bond acceptors (Lipinski definition) is 9. The minimum Gasteiger partial charge on any atom is -0.368 e. The Morgan fingerprint density at radius 3 is 2.40 bits per heavy atom. The largest absolute Gasteiger partial charge is 0.368 e. The third kappa shape index (κ3) is 3.33. The molecule has 2 aromatic heterocycles. The van der Waals surface area contributed by atoms with Crippen LogP contribution in [0.3, 0.4) is 0 Å². The summed E-state index contributed by atoms with van der Waals surface area (Å²) >= 11 is 1.46. The molecular formula is C10H17N9S. The highest BCUT2D eigenvalue weighted by Crippen LogP contribution is 2.21. The van der Waals surface area contributed by atoms with Crippen molar-refractivity contribution in [3.05, 3.63) is 11.6 Å². The summed E-state index contributed by atoms with van der Waals surface area (Å²) in [5.41, 5.74) is 16.7. The first-order valence-electron chi connectivity index (χ1n) is 6.14. The molecule has 0 amide bonds. The van der Waals surface area contributed by atoms with E-state index < -0.39 is 0 Å². The molecule has 0 atom stereocenters. The second-order valence-corrected chi connectivity index (χ2v) is 4.95. The maximum absolute atomic E-state index is 5.64. The minimum absolute atomic E-state index is 0.116. The SMILES string of the molecule is CCCn1c(CN)nnc1SCc1nc(N)nc(N)n1. The van der Waals surface area contributed by atoms with Crippen LogP contribution in [0.5, 0.6) is 0 Å². The highest BCUT2D eigenvalue weighted by molar-refractivity contribution is 7.98. The number of anilines is 2. The molecule has 2 aromatic rings. The van der Waals surface area contributed by atoms with Crippen molar-refractivity contribution in [2.24, 2.45) is 5.73 Å². The van der Waals surface area contributed by atoms with Gasteiger partial charge in [-0.2, -0.15) is 15.0 Å². The summed E-state index contributed by atoms with van der Waals surface area (Å²) < 4.78 is 2.00. The smallest absolute Gasteiger partial charge is 0.225 e. The molecule has 108 valence electrons. The fraction of sp³-hybridized carbons (Fsp3) is 0.500. The average molecular weight is 295 g/mol. The fourth-order valence-corrected chi connectivity index (χ4v) is 2.51. The van der Waals surface area contributed by atoms with Gasteiger partial charge < -0.3 is 21.8 Å². The first kappa shape index (κ1) is 14.5. The number of nitrogens with two attached hydrogens (primary N) is 3. The van der Waals surface area contributed by atoms with Crippen molar-refractivity contribution in [3.8, 4) is 0 Å². The molecule has 0 saturated heterocycles. The van der Waals surface area contributed by atoms with Crippen LogP contribution in [0, 0.1) is 0 Å². The van der Waals surface area contributed by atoms with Crippen molar-refractivity contribution in [1.82, 2.24) is 29.7 Å². The molecule has 2 heterocycles. The van der Waals surface area contributed by atoms with Gasteiger partial charge in [-0.3, -0.25) is 0 Å². The Morgan fingerprint density at radius 1 is 1.10 bits per heavy atom. The standard InChI is InChI=1S/C10H17N9S/c1-2-3-19-7(4-11)17-18-10(19)20-5-6-14-8(12)16-9(13)15-6/h2-5,11H2,1H3,(H4,12,13,14,15,16). The Labute approximate surface area is 120 Å². The maximum Gasteiger partial charge on any atom is 0.225 e. The van der Waals surface area contributed by atoms with Gasteiger partial charge >= 0.3 is 0 Å². The third-order valence-corrected chi connectivity index (χ3v) is 3.43. The summed E-state index contributed by atoms with van der Waals surface area (Å²) in [6, 6.07) is 0. The lowest BCUT2D eigenvalue weighted by molar-refractivity contribution is 0.592. The molecule has 0 fully saturated rings. The van der Waals surface area contributed by atoms with Crippen molar-refractivity contribution in [3.63, 3.8) is 0 Å². The van der Waals surface area contributed by atoms with Gasteiger partial charge in [-0.1, -0.05) is 18.7 Å². The lowest BCUT2D eigenvalue weighted by Gasteiger charge is -2.07.